The predicted molar refractivity (Wildman–Crippen MR) is 88.1 cm³/mol. The van der Waals surface area contributed by atoms with Crippen LogP contribution < -0.4 is 19.5 Å². The highest BCUT2D eigenvalue weighted by Gasteiger charge is 2.28. The van der Waals surface area contributed by atoms with Crippen molar-refractivity contribution in [2.24, 2.45) is 0 Å². The van der Waals surface area contributed by atoms with E-state index in [1.54, 1.807) is 32.4 Å². The van der Waals surface area contributed by atoms with Gasteiger partial charge in [0.2, 0.25) is 0 Å². The SMILES string of the molecule is COc1cc(CNCc2ccc(OCC(F)(F)F)cc2)cc(OC)c1. The van der Waals surface area contributed by atoms with E-state index >= 15 is 0 Å². The Bertz CT molecular complexity index is 650. The smallest absolute Gasteiger partial charge is 0.422 e. The standard InChI is InChI=1S/C18H20F3NO3/c1-23-16-7-14(8-17(9-16)24-2)11-22-10-13-3-5-15(6-4-13)25-12-18(19,20)21/h3-9,22H,10-12H2,1-2H3. The highest BCUT2D eigenvalue weighted by Crippen LogP contribution is 2.22. The van der Waals surface area contributed by atoms with Gasteiger partial charge in [0.05, 0.1) is 14.2 Å². The summed E-state index contributed by atoms with van der Waals surface area (Å²) in [4.78, 5) is 0. The van der Waals surface area contributed by atoms with Crippen molar-refractivity contribution in [2.75, 3.05) is 20.8 Å². The lowest BCUT2D eigenvalue weighted by Crippen LogP contribution is -2.19. The molecule has 136 valence electrons. The first-order chi connectivity index (χ1) is 11.9. The Morgan fingerprint density at radius 1 is 0.800 bits per heavy atom. The van der Waals surface area contributed by atoms with E-state index in [9.17, 15) is 13.2 Å². The predicted octanol–water partition coefficient (Wildman–Crippen LogP) is 3.93. The fourth-order valence-corrected chi connectivity index (χ4v) is 2.19. The second-order valence-corrected chi connectivity index (χ2v) is 5.37. The quantitative estimate of drug-likeness (QED) is 0.779. The highest BCUT2D eigenvalue weighted by atomic mass is 19.4. The molecule has 0 aliphatic carbocycles. The first kappa shape index (κ1) is 18.9. The van der Waals surface area contributed by atoms with Gasteiger partial charge in [-0.3, -0.25) is 0 Å². The van der Waals surface area contributed by atoms with Crippen molar-refractivity contribution in [3.05, 3.63) is 53.6 Å². The number of halogens is 3. The number of methoxy groups -OCH3 is 2. The Kier molecular flexibility index (Phi) is 6.52. The van der Waals surface area contributed by atoms with E-state index in [-0.39, 0.29) is 5.75 Å². The molecule has 0 heterocycles. The fraction of sp³-hybridized carbons (Fsp3) is 0.333. The first-order valence-corrected chi connectivity index (χ1v) is 7.61. The number of rotatable bonds is 8. The van der Waals surface area contributed by atoms with Gasteiger partial charge >= 0.3 is 6.18 Å². The summed E-state index contributed by atoms with van der Waals surface area (Å²) in [5.74, 6) is 1.61. The monoisotopic (exact) mass is 355 g/mol. The van der Waals surface area contributed by atoms with Crippen LogP contribution >= 0.6 is 0 Å². The van der Waals surface area contributed by atoms with Crippen LogP contribution in [0, 0.1) is 0 Å². The van der Waals surface area contributed by atoms with Gasteiger partial charge in [-0.15, -0.1) is 0 Å². The first-order valence-electron chi connectivity index (χ1n) is 7.61. The molecule has 7 heteroatoms. The van der Waals surface area contributed by atoms with E-state index in [2.05, 4.69) is 10.1 Å². The van der Waals surface area contributed by atoms with Crippen LogP contribution in [0.1, 0.15) is 11.1 Å². The molecule has 4 nitrogen and oxygen atoms in total. The molecule has 0 atom stereocenters. The average molecular weight is 355 g/mol. The minimum atomic E-state index is -4.34. The lowest BCUT2D eigenvalue weighted by molar-refractivity contribution is -0.153. The molecule has 0 aliphatic heterocycles. The zero-order valence-corrected chi connectivity index (χ0v) is 14.0. The summed E-state index contributed by atoms with van der Waals surface area (Å²) in [5, 5.41) is 3.26. The summed E-state index contributed by atoms with van der Waals surface area (Å²) >= 11 is 0. The minimum Gasteiger partial charge on any atom is -0.497 e. The molecule has 0 fully saturated rings. The largest absolute Gasteiger partial charge is 0.497 e. The van der Waals surface area contributed by atoms with Crippen molar-refractivity contribution in [1.29, 1.82) is 0 Å². The zero-order chi connectivity index (χ0) is 18.3. The van der Waals surface area contributed by atoms with E-state index in [1.165, 1.54) is 12.1 Å². The van der Waals surface area contributed by atoms with Gasteiger partial charge in [0.25, 0.3) is 0 Å². The van der Waals surface area contributed by atoms with Gasteiger partial charge in [-0.1, -0.05) is 12.1 Å². The summed E-state index contributed by atoms with van der Waals surface area (Å²) in [6, 6.07) is 12.1. The normalized spacial score (nSPS) is 11.2. The van der Waals surface area contributed by atoms with Gasteiger partial charge in [0.1, 0.15) is 17.2 Å². The van der Waals surface area contributed by atoms with Crippen molar-refractivity contribution in [2.45, 2.75) is 19.3 Å². The Morgan fingerprint density at radius 2 is 1.36 bits per heavy atom. The molecule has 0 saturated carbocycles. The van der Waals surface area contributed by atoms with Crippen molar-refractivity contribution in [3.8, 4) is 17.2 Å². The van der Waals surface area contributed by atoms with Crippen LogP contribution in [0.4, 0.5) is 13.2 Å². The third-order valence-corrected chi connectivity index (χ3v) is 3.40. The Hall–Kier alpha value is -2.41. The van der Waals surface area contributed by atoms with Crippen LogP contribution in [0.2, 0.25) is 0 Å². The second kappa shape index (κ2) is 8.62. The molecule has 0 saturated heterocycles. The maximum Gasteiger partial charge on any atom is 0.422 e. The van der Waals surface area contributed by atoms with E-state index in [0.29, 0.717) is 24.6 Å². The summed E-state index contributed by atoms with van der Waals surface area (Å²) < 4.78 is 51.4. The average Bonchev–Trinajstić information content (AvgIpc) is 2.60. The number of alkyl halides is 3. The molecular weight excluding hydrogens is 335 g/mol. The molecule has 0 radical (unpaired) electrons. The summed E-state index contributed by atoms with van der Waals surface area (Å²) in [6.45, 7) is -0.124. The molecule has 0 amide bonds. The Labute approximate surface area is 144 Å². The van der Waals surface area contributed by atoms with Gasteiger partial charge in [0, 0.05) is 19.2 Å². The van der Waals surface area contributed by atoms with E-state index in [1.807, 2.05) is 12.1 Å². The van der Waals surface area contributed by atoms with Gasteiger partial charge in [0.15, 0.2) is 6.61 Å². The van der Waals surface area contributed by atoms with Crippen molar-refractivity contribution < 1.29 is 27.4 Å². The third kappa shape index (κ3) is 6.54. The number of ether oxygens (including phenoxy) is 3. The molecule has 2 rings (SSSR count). The van der Waals surface area contributed by atoms with Crippen molar-refractivity contribution in [1.82, 2.24) is 5.32 Å². The van der Waals surface area contributed by atoms with Crippen molar-refractivity contribution >= 4 is 0 Å². The van der Waals surface area contributed by atoms with Crippen LogP contribution in [0.15, 0.2) is 42.5 Å². The lowest BCUT2D eigenvalue weighted by atomic mass is 10.2. The highest BCUT2D eigenvalue weighted by molar-refractivity contribution is 5.38. The maximum atomic E-state index is 12.1. The number of hydrogen-bond donors (Lipinski definition) is 1. The molecule has 0 unspecified atom stereocenters. The maximum absolute atomic E-state index is 12.1. The summed E-state index contributed by atoms with van der Waals surface area (Å²) in [5.41, 5.74) is 1.94. The Balaban J connectivity index is 1.85. The topological polar surface area (TPSA) is 39.7 Å². The van der Waals surface area contributed by atoms with Crippen LogP contribution in [0.3, 0.4) is 0 Å². The molecule has 2 aromatic rings. The second-order valence-electron chi connectivity index (χ2n) is 5.37. The van der Waals surface area contributed by atoms with Crippen LogP contribution in [-0.2, 0) is 13.1 Å². The van der Waals surface area contributed by atoms with Gasteiger partial charge in [-0.05, 0) is 35.4 Å². The van der Waals surface area contributed by atoms with Crippen LogP contribution in [0.25, 0.3) is 0 Å². The number of benzene rings is 2. The zero-order valence-electron chi connectivity index (χ0n) is 14.0. The summed E-state index contributed by atoms with van der Waals surface area (Å²) in [7, 11) is 3.18. The molecule has 1 N–H and O–H groups in total. The fourth-order valence-electron chi connectivity index (χ4n) is 2.19. The lowest BCUT2D eigenvalue weighted by Gasteiger charge is -2.11. The van der Waals surface area contributed by atoms with Gasteiger partial charge in [-0.2, -0.15) is 13.2 Å². The van der Waals surface area contributed by atoms with Crippen LogP contribution in [-0.4, -0.2) is 27.0 Å². The molecule has 25 heavy (non-hydrogen) atoms. The van der Waals surface area contributed by atoms with Gasteiger partial charge < -0.3 is 19.5 Å². The van der Waals surface area contributed by atoms with E-state index < -0.39 is 12.8 Å². The van der Waals surface area contributed by atoms with Gasteiger partial charge in [-0.25, -0.2) is 0 Å². The number of hydrogen-bond acceptors (Lipinski definition) is 4. The summed E-state index contributed by atoms with van der Waals surface area (Å²) in [6.07, 6.45) is -4.34. The Morgan fingerprint density at radius 3 is 1.88 bits per heavy atom. The number of nitrogens with one attached hydrogen (secondary N) is 1. The molecule has 0 aromatic heterocycles. The molecule has 0 aliphatic rings. The van der Waals surface area contributed by atoms with Crippen LogP contribution in [0.5, 0.6) is 17.2 Å². The molecule has 2 aromatic carbocycles. The van der Waals surface area contributed by atoms with E-state index in [0.717, 1.165) is 11.1 Å². The molecule has 0 bridgehead atoms. The third-order valence-electron chi connectivity index (χ3n) is 3.40. The van der Waals surface area contributed by atoms with E-state index in [4.69, 9.17) is 9.47 Å². The minimum absolute atomic E-state index is 0.193. The van der Waals surface area contributed by atoms with Crippen molar-refractivity contribution in [3.63, 3.8) is 0 Å². The molecule has 0 spiro atoms. The molecular formula is C18H20F3NO3.